The van der Waals surface area contributed by atoms with Crippen molar-refractivity contribution >= 4 is 22.7 Å². The highest BCUT2D eigenvalue weighted by molar-refractivity contribution is 5.82. The van der Waals surface area contributed by atoms with E-state index >= 15 is 0 Å². The fourth-order valence-electron chi connectivity index (χ4n) is 3.37. The van der Waals surface area contributed by atoms with Gasteiger partial charge in [0.05, 0.1) is 24.8 Å². The third-order valence-electron chi connectivity index (χ3n) is 4.72. The Labute approximate surface area is 153 Å². The Hall–Kier alpha value is -2.47. The summed E-state index contributed by atoms with van der Waals surface area (Å²) in [5, 5.41) is 6.95. The summed E-state index contributed by atoms with van der Waals surface area (Å²) in [6.45, 7) is 3.19. The molecule has 2 amide bonds. The summed E-state index contributed by atoms with van der Waals surface area (Å²) in [5.74, 6) is 0.190. The van der Waals surface area contributed by atoms with Crippen LogP contribution in [0.15, 0.2) is 36.5 Å². The summed E-state index contributed by atoms with van der Waals surface area (Å²) in [6, 6.07) is 10.2. The fourth-order valence-corrected chi connectivity index (χ4v) is 3.37. The first-order chi connectivity index (χ1) is 12.6. The lowest BCUT2D eigenvalue weighted by Crippen LogP contribution is -2.40. The standard InChI is InChI=1S/C20H25N3O3/c1-14(24)21-9-4-7-20(25)23-19-13-26-12-16(19)11-15-8-10-22-18-6-3-2-5-17(15)18/h2-3,5-6,8,10,16,19H,4,7,9,11-13H2,1H3,(H,21,24)(H,23,25). The van der Waals surface area contributed by atoms with E-state index < -0.39 is 0 Å². The predicted molar refractivity (Wildman–Crippen MR) is 99.6 cm³/mol. The largest absolute Gasteiger partial charge is 0.379 e. The minimum absolute atomic E-state index is 0.00967. The van der Waals surface area contributed by atoms with Gasteiger partial charge in [-0.05, 0) is 30.5 Å². The van der Waals surface area contributed by atoms with Crippen LogP contribution in [0.3, 0.4) is 0 Å². The number of rotatable bonds is 7. The van der Waals surface area contributed by atoms with Crippen LogP contribution in [0.1, 0.15) is 25.3 Å². The summed E-state index contributed by atoms with van der Waals surface area (Å²) in [6.07, 6.45) is 3.73. The SMILES string of the molecule is CC(=O)NCCCC(=O)NC1COCC1Cc1ccnc2ccccc12. The molecule has 2 aromatic rings. The maximum absolute atomic E-state index is 12.2. The highest BCUT2D eigenvalue weighted by Crippen LogP contribution is 2.24. The van der Waals surface area contributed by atoms with E-state index in [4.69, 9.17) is 4.74 Å². The second-order valence-electron chi connectivity index (χ2n) is 6.75. The molecule has 6 heteroatoms. The van der Waals surface area contributed by atoms with E-state index in [1.165, 1.54) is 12.5 Å². The molecule has 1 aliphatic rings. The van der Waals surface area contributed by atoms with Crippen molar-refractivity contribution in [2.45, 2.75) is 32.2 Å². The number of amides is 2. The van der Waals surface area contributed by atoms with Gasteiger partial charge < -0.3 is 15.4 Å². The molecule has 0 radical (unpaired) electrons. The van der Waals surface area contributed by atoms with Gasteiger partial charge in [-0.2, -0.15) is 0 Å². The number of carbonyl (C=O) groups is 2. The van der Waals surface area contributed by atoms with Gasteiger partial charge in [0.1, 0.15) is 0 Å². The summed E-state index contributed by atoms with van der Waals surface area (Å²) in [5.41, 5.74) is 2.22. The van der Waals surface area contributed by atoms with Gasteiger partial charge >= 0.3 is 0 Å². The summed E-state index contributed by atoms with van der Waals surface area (Å²) < 4.78 is 5.62. The highest BCUT2D eigenvalue weighted by Gasteiger charge is 2.29. The van der Waals surface area contributed by atoms with E-state index in [-0.39, 0.29) is 23.8 Å². The Bertz CT molecular complexity index is 772. The molecule has 138 valence electrons. The molecule has 1 aromatic heterocycles. The Balaban J connectivity index is 1.56. The zero-order chi connectivity index (χ0) is 18.4. The molecule has 2 heterocycles. The molecule has 1 aliphatic heterocycles. The number of para-hydroxylation sites is 1. The van der Waals surface area contributed by atoms with E-state index in [1.807, 2.05) is 30.5 Å². The molecule has 1 saturated heterocycles. The Morgan fingerprint density at radius 2 is 2.08 bits per heavy atom. The molecule has 0 saturated carbocycles. The van der Waals surface area contributed by atoms with Crippen molar-refractivity contribution in [2.24, 2.45) is 5.92 Å². The van der Waals surface area contributed by atoms with Crippen molar-refractivity contribution in [1.82, 2.24) is 15.6 Å². The second kappa shape index (κ2) is 8.76. The van der Waals surface area contributed by atoms with Crippen LogP contribution in [-0.2, 0) is 20.7 Å². The second-order valence-corrected chi connectivity index (χ2v) is 6.75. The number of hydrogen-bond acceptors (Lipinski definition) is 4. The average molecular weight is 355 g/mol. The number of pyridine rings is 1. The molecular formula is C20H25N3O3. The van der Waals surface area contributed by atoms with Crippen molar-refractivity contribution in [2.75, 3.05) is 19.8 Å². The highest BCUT2D eigenvalue weighted by atomic mass is 16.5. The Kier molecular flexibility index (Phi) is 6.17. The molecule has 1 aromatic carbocycles. The molecule has 6 nitrogen and oxygen atoms in total. The minimum Gasteiger partial charge on any atom is -0.379 e. The summed E-state index contributed by atoms with van der Waals surface area (Å²) in [4.78, 5) is 27.4. The van der Waals surface area contributed by atoms with Gasteiger partial charge in [0, 0.05) is 37.4 Å². The smallest absolute Gasteiger partial charge is 0.220 e. The van der Waals surface area contributed by atoms with Crippen LogP contribution in [0, 0.1) is 5.92 Å². The van der Waals surface area contributed by atoms with Crippen molar-refractivity contribution in [3.8, 4) is 0 Å². The number of hydrogen-bond donors (Lipinski definition) is 2. The molecule has 3 rings (SSSR count). The van der Waals surface area contributed by atoms with Crippen LogP contribution in [0.2, 0.25) is 0 Å². The van der Waals surface area contributed by atoms with Crippen LogP contribution < -0.4 is 10.6 Å². The van der Waals surface area contributed by atoms with Crippen molar-refractivity contribution in [1.29, 1.82) is 0 Å². The molecule has 2 atom stereocenters. The quantitative estimate of drug-likeness (QED) is 0.743. The van der Waals surface area contributed by atoms with E-state index in [0.717, 1.165) is 17.3 Å². The van der Waals surface area contributed by atoms with Crippen molar-refractivity contribution in [3.05, 3.63) is 42.1 Å². The summed E-state index contributed by atoms with van der Waals surface area (Å²) >= 11 is 0. The average Bonchev–Trinajstić information content (AvgIpc) is 3.05. The molecule has 0 aliphatic carbocycles. The summed E-state index contributed by atoms with van der Waals surface area (Å²) in [7, 11) is 0. The number of benzene rings is 1. The van der Waals surface area contributed by atoms with Gasteiger partial charge in [-0.1, -0.05) is 18.2 Å². The third-order valence-corrected chi connectivity index (χ3v) is 4.72. The number of fused-ring (bicyclic) bond motifs is 1. The number of nitrogens with one attached hydrogen (secondary N) is 2. The lowest BCUT2D eigenvalue weighted by molar-refractivity contribution is -0.123. The lowest BCUT2D eigenvalue weighted by atomic mass is 9.93. The lowest BCUT2D eigenvalue weighted by Gasteiger charge is -2.20. The first kappa shape index (κ1) is 18.3. The molecular weight excluding hydrogens is 330 g/mol. The molecule has 1 fully saturated rings. The monoisotopic (exact) mass is 355 g/mol. The molecule has 2 unspecified atom stereocenters. The fraction of sp³-hybridized carbons (Fsp3) is 0.450. The van der Waals surface area contributed by atoms with Gasteiger partial charge in [0.25, 0.3) is 0 Å². The van der Waals surface area contributed by atoms with Crippen molar-refractivity contribution < 1.29 is 14.3 Å². The normalized spacial score (nSPS) is 19.4. The topological polar surface area (TPSA) is 80.3 Å². The van der Waals surface area contributed by atoms with Crippen LogP contribution in [0.4, 0.5) is 0 Å². The molecule has 26 heavy (non-hydrogen) atoms. The third kappa shape index (κ3) is 4.79. The van der Waals surface area contributed by atoms with E-state index in [9.17, 15) is 9.59 Å². The maximum atomic E-state index is 12.2. The number of ether oxygens (including phenoxy) is 1. The Morgan fingerprint density at radius 1 is 1.23 bits per heavy atom. The maximum Gasteiger partial charge on any atom is 0.220 e. The minimum atomic E-state index is -0.0701. The van der Waals surface area contributed by atoms with Crippen LogP contribution in [-0.4, -0.2) is 42.6 Å². The molecule has 0 spiro atoms. The number of nitrogens with zero attached hydrogens (tertiary/aromatic N) is 1. The Morgan fingerprint density at radius 3 is 2.92 bits per heavy atom. The van der Waals surface area contributed by atoms with Gasteiger partial charge in [-0.15, -0.1) is 0 Å². The van der Waals surface area contributed by atoms with Crippen LogP contribution in [0.5, 0.6) is 0 Å². The zero-order valence-corrected chi connectivity index (χ0v) is 15.0. The van der Waals surface area contributed by atoms with E-state index in [0.29, 0.717) is 32.6 Å². The van der Waals surface area contributed by atoms with E-state index in [1.54, 1.807) is 0 Å². The zero-order valence-electron chi connectivity index (χ0n) is 15.0. The van der Waals surface area contributed by atoms with Gasteiger partial charge in [0.2, 0.25) is 11.8 Å². The molecule has 2 N–H and O–H groups in total. The van der Waals surface area contributed by atoms with Crippen LogP contribution in [0.25, 0.3) is 10.9 Å². The van der Waals surface area contributed by atoms with Crippen LogP contribution >= 0.6 is 0 Å². The van der Waals surface area contributed by atoms with E-state index in [2.05, 4.69) is 21.7 Å². The number of carbonyl (C=O) groups excluding carboxylic acids is 2. The molecule has 0 bridgehead atoms. The number of aromatic nitrogens is 1. The van der Waals surface area contributed by atoms with Gasteiger partial charge in [-0.25, -0.2) is 0 Å². The first-order valence-corrected chi connectivity index (χ1v) is 9.07. The van der Waals surface area contributed by atoms with Gasteiger partial charge in [0.15, 0.2) is 0 Å². The van der Waals surface area contributed by atoms with Gasteiger partial charge in [-0.3, -0.25) is 14.6 Å². The predicted octanol–water partition coefficient (Wildman–Crippen LogP) is 1.82. The first-order valence-electron chi connectivity index (χ1n) is 9.07. The van der Waals surface area contributed by atoms with Crippen molar-refractivity contribution in [3.63, 3.8) is 0 Å².